The van der Waals surface area contributed by atoms with Gasteiger partial charge in [-0.15, -0.1) is 0 Å². The van der Waals surface area contributed by atoms with Crippen LogP contribution in [-0.4, -0.2) is 17.1 Å². The highest BCUT2D eigenvalue weighted by molar-refractivity contribution is 7.98. The maximum atomic E-state index is 12.0. The largest absolute Gasteiger partial charge is 0.497 e. The quantitative estimate of drug-likeness (QED) is 0.275. The lowest BCUT2D eigenvalue weighted by Crippen LogP contribution is -2.01. The molecule has 0 saturated heterocycles. The third-order valence-corrected chi connectivity index (χ3v) is 5.19. The first-order valence-electron chi connectivity index (χ1n) is 8.77. The number of ether oxygens (including phenoxy) is 1. The van der Waals surface area contributed by atoms with Gasteiger partial charge in [0.2, 0.25) is 0 Å². The molecule has 6 heteroatoms. The van der Waals surface area contributed by atoms with Crippen LogP contribution in [0.25, 0.3) is 22.2 Å². The molecule has 4 aromatic rings. The van der Waals surface area contributed by atoms with E-state index in [2.05, 4.69) is 9.97 Å². The van der Waals surface area contributed by atoms with Crippen LogP contribution in [0.5, 0.6) is 5.75 Å². The van der Waals surface area contributed by atoms with Gasteiger partial charge in [-0.3, -0.25) is 0 Å². The molecule has 0 bridgehead atoms. The molecular weight excluding hydrogens is 372 g/mol. The summed E-state index contributed by atoms with van der Waals surface area (Å²) in [6, 6.07) is 19.0. The van der Waals surface area contributed by atoms with Crippen molar-refractivity contribution in [2.45, 2.75) is 17.8 Å². The molecule has 2 aromatic carbocycles. The van der Waals surface area contributed by atoms with E-state index in [1.165, 1.54) is 17.8 Å². The predicted octanol–water partition coefficient (Wildman–Crippen LogP) is 4.86. The van der Waals surface area contributed by atoms with E-state index in [9.17, 15) is 4.79 Å². The Balaban J connectivity index is 1.65. The molecule has 0 aliphatic rings. The number of hydrogen-bond donors (Lipinski definition) is 0. The maximum Gasteiger partial charge on any atom is 0.336 e. The van der Waals surface area contributed by atoms with Crippen molar-refractivity contribution in [2.75, 3.05) is 7.11 Å². The van der Waals surface area contributed by atoms with Gasteiger partial charge < -0.3 is 9.15 Å². The number of aryl methyl sites for hydroxylation is 1. The zero-order valence-corrected chi connectivity index (χ0v) is 16.3. The van der Waals surface area contributed by atoms with Crippen LogP contribution in [0, 0.1) is 6.92 Å². The fourth-order valence-electron chi connectivity index (χ4n) is 2.96. The minimum Gasteiger partial charge on any atom is -0.497 e. The third kappa shape index (κ3) is 3.92. The SMILES string of the molecule is COc1ccc2c(CSc3nc(C)cc(-c4ccccc4)n3)cc(=O)oc2c1. The summed E-state index contributed by atoms with van der Waals surface area (Å²) in [6.07, 6.45) is 0. The lowest BCUT2D eigenvalue weighted by molar-refractivity contribution is 0.414. The van der Waals surface area contributed by atoms with E-state index in [0.717, 1.165) is 27.9 Å². The number of methoxy groups -OCH3 is 1. The van der Waals surface area contributed by atoms with Gasteiger partial charge in [-0.1, -0.05) is 42.1 Å². The number of thioether (sulfide) groups is 1. The minimum atomic E-state index is -0.383. The molecular formula is C22H18N2O3S. The molecule has 4 rings (SSSR count). The topological polar surface area (TPSA) is 65.2 Å². The molecule has 140 valence electrons. The maximum absolute atomic E-state index is 12.0. The number of fused-ring (bicyclic) bond motifs is 1. The van der Waals surface area contributed by atoms with Crippen molar-refractivity contribution < 1.29 is 9.15 Å². The number of hydrogen-bond acceptors (Lipinski definition) is 6. The zero-order valence-electron chi connectivity index (χ0n) is 15.5. The Kier molecular flexibility index (Phi) is 5.12. The fourth-order valence-corrected chi connectivity index (χ4v) is 3.86. The highest BCUT2D eigenvalue weighted by atomic mass is 32.2. The molecule has 28 heavy (non-hydrogen) atoms. The summed E-state index contributed by atoms with van der Waals surface area (Å²) in [5, 5.41) is 1.55. The Morgan fingerprint density at radius 3 is 2.64 bits per heavy atom. The summed E-state index contributed by atoms with van der Waals surface area (Å²) >= 11 is 1.50. The Morgan fingerprint density at radius 2 is 1.86 bits per heavy atom. The summed E-state index contributed by atoms with van der Waals surface area (Å²) in [5.41, 5.74) is 3.85. The molecule has 0 amide bonds. The number of benzene rings is 2. The molecule has 0 fully saturated rings. The second-order valence-corrected chi connectivity index (χ2v) is 7.23. The van der Waals surface area contributed by atoms with Crippen molar-refractivity contribution in [3.8, 4) is 17.0 Å². The van der Waals surface area contributed by atoms with E-state index in [0.29, 0.717) is 22.2 Å². The summed E-state index contributed by atoms with van der Waals surface area (Å²) < 4.78 is 10.5. The van der Waals surface area contributed by atoms with Crippen molar-refractivity contribution in [3.63, 3.8) is 0 Å². The van der Waals surface area contributed by atoms with Gasteiger partial charge in [0.25, 0.3) is 0 Å². The van der Waals surface area contributed by atoms with E-state index in [1.54, 1.807) is 13.2 Å². The van der Waals surface area contributed by atoms with Gasteiger partial charge in [0, 0.05) is 34.5 Å². The van der Waals surface area contributed by atoms with Crippen LogP contribution in [0.15, 0.2) is 75.0 Å². The molecule has 0 aliphatic carbocycles. The molecule has 2 aromatic heterocycles. The minimum absolute atomic E-state index is 0.383. The molecule has 0 unspecified atom stereocenters. The molecule has 0 radical (unpaired) electrons. The van der Waals surface area contributed by atoms with Crippen LogP contribution >= 0.6 is 11.8 Å². The van der Waals surface area contributed by atoms with Gasteiger partial charge in [0.1, 0.15) is 11.3 Å². The van der Waals surface area contributed by atoms with E-state index in [-0.39, 0.29) is 5.63 Å². The second kappa shape index (κ2) is 7.86. The molecule has 0 atom stereocenters. The van der Waals surface area contributed by atoms with E-state index in [4.69, 9.17) is 9.15 Å². The predicted molar refractivity (Wildman–Crippen MR) is 111 cm³/mol. The third-order valence-electron chi connectivity index (χ3n) is 4.30. The van der Waals surface area contributed by atoms with Gasteiger partial charge in [-0.2, -0.15) is 0 Å². The molecule has 2 heterocycles. The normalized spacial score (nSPS) is 10.9. The smallest absolute Gasteiger partial charge is 0.336 e. The molecule has 0 saturated carbocycles. The van der Waals surface area contributed by atoms with Crippen LogP contribution in [0.4, 0.5) is 0 Å². The number of aromatic nitrogens is 2. The molecule has 5 nitrogen and oxygen atoms in total. The van der Waals surface area contributed by atoms with Crippen LogP contribution < -0.4 is 10.4 Å². The summed E-state index contributed by atoms with van der Waals surface area (Å²) in [5.74, 6) is 1.21. The average Bonchev–Trinajstić information content (AvgIpc) is 2.71. The highest BCUT2D eigenvalue weighted by Crippen LogP contribution is 2.28. The van der Waals surface area contributed by atoms with Gasteiger partial charge in [0.15, 0.2) is 5.16 Å². The van der Waals surface area contributed by atoms with Crippen LogP contribution in [-0.2, 0) is 5.75 Å². The fraction of sp³-hybridized carbons (Fsp3) is 0.136. The molecule has 0 spiro atoms. The van der Waals surface area contributed by atoms with E-state index >= 15 is 0 Å². The number of nitrogens with zero attached hydrogens (tertiary/aromatic N) is 2. The van der Waals surface area contributed by atoms with E-state index < -0.39 is 0 Å². The molecule has 0 aliphatic heterocycles. The van der Waals surface area contributed by atoms with Crippen molar-refractivity contribution in [1.82, 2.24) is 9.97 Å². The summed E-state index contributed by atoms with van der Waals surface area (Å²) in [6.45, 7) is 1.96. The van der Waals surface area contributed by atoms with E-state index in [1.807, 2.05) is 55.5 Å². The van der Waals surface area contributed by atoms with Crippen molar-refractivity contribution >= 4 is 22.7 Å². The Bertz CT molecular complexity index is 1190. The average molecular weight is 390 g/mol. The van der Waals surface area contributed by atoms with Crippen molar-refractivity contribution in [3.05, 3.63) is 82.3 Å². The first-order chi connectivity index (χ1) is 13.6. The van der Waals surface area contributed by atoms with Crippen molar-refractivity contribution in [2.24, 2.45) is 0 Å². The Morgan fingerprint density at radius 1 is 1.04 bits per heavy atom. The highest BCUT2D eigenvalue weighted by Gasteiger charge is 2.10. The standard InChI is InChI=1S/C22H18N2O3S/c1-14-10-19(15-6-4-3-5-7-15)24-22(23-14)28-13-16-11-21(25)27-20-12-17(26-2)8-9-18(16)20/h3-12H,13H2,1-2H3. The van der Waals surface area contributed by atoms with Crippen LogP contribution in [0.1, 0.15) is 11.3 Å². The lowest BCUT2D eigenvalue weighted by atomic mass is 10.1. The Labute approximate surface area is 166 Å². The lowest BCUT2D eigenvalue weighted by Gasteiger charge is -2.08. The van der Waals surface area contributed by atoms with Gasteiger partial charge >= 0.3 is 5.63 Å². The number of rotatable bonds is 5. The first-order valence-corrected chi connectivity index (χ1v) is 9.75. The van der Waals surface area contributed by atoms with Gasteiger partial charge in [-0.25, -0.2) is 14.8 Å². The van der Waals surface area contributed by atoms with Crippen molar-refractivity contribution in [1.29, 1.82) is 0 Å². The first kappa shape index (κ1) is 18.3. The monoisotopic (exact) mass is 390 g/mol. The van der Waals surface area contributed by atoms with Gasteiger partial charge in [0.05, 0.1) is 12.8 Å². The Hall–Kier alpha value is -3.12. The van der Waals surface area contributed by atoms with Gasteiger partial charge in [-0.05, 0) is 30.7 Å². The summed E-state index contributed by atoms with van der Waals surface area (Å²) in [4.78, 5) is 21.2. The molecule has 0 N–H and O–H groups in total. The zero-order chi connectivity index (χ0) is 19.5. The van der Waals surface area contributed by atoms with Crippen LogP contribution in [0.3, 0.4) is 0 Å². The second-order valence-electron chi connectivity index (χ2n) is 6.28. The van der Waals surface area contributed by atoms with Crippen LogP contribution in [0.2, 0.25) is 0 Å². The summed E-state index contributed by atoms with van der Waals surface area (Å²) in [7, 11) is 1.58.